The molecule has 0 saturated heterocycles. The lowest BCUT2D eigenvalue weighted by molar-refractivity contribution is -0.176. The van der Waals surface area contributed by atoms with Crippen molar-refractivity contribution in [3.63, 3.8) is 0 Å². The maximum atomic E-state index is 11.7. The van der Waals surface area contributed by atoms with Gasteiger partial charge in [0, 0.05) is 0 Å². The van der Waals surface area contributed by atoms with Gasteiger partial charge in [0.15, 0.2) is 0 Å². The van der Waals surface area contributed by atoms with Crippen molar-refractivity contribution in [2.24, 2.45) is 0 Å². The van der Waals surface area contributed by atoms with Crippen LogP contribution < -0.4 is 5.32 Å². The number of rotatable bonds is 5. The van der Waals surface area contributed by atoms with Gasteiger partial charge in [0.1, 0.15) is 13.2 Å². The molecule has 0 unspecified atom stereocenters. The monoisotopic (exact) mass is 241 g/mol. The van der Waals surface area contributed by atoms with Crippen LogP contribution in [0.5, 0.6) is 0 Å². The first-order valence-electron chi connectivity index (χ1n) is 4.93. The van der Waals surface area contributed by atoms with Crippen molar-refractivity contribution in [1.29, 1.82) is 0 Å². The van der Waals surface area contributed by atoms with Crippen molar-refractivity contribution in [1.82, 2.24) is 5.32 Å². The van der Waals surface area contributed by atoms with Gasteiger partial charge in [-0.15, -0.1) is 0 Å². The first-order chi connectivity index (χ1) is 7.37. The van der Waals surface area contributed by atoms with Gasteiger partial charge >= 0.3 is 6.18 Å². The molecule has 0 aliphatic heterocycles. The summed E-state index contributed by atoms with van der Waals surface area (Å²) in [7, 11) is 0. The Morgan fingerprint density at radius 2 is 2.06 bits per heavy atom. The van der Waals surface area contributed by atoms with Crippen LogP contribution in [0.2, 0.25) is 0 Å². The van der Waals surface area contributed by atoms with Gasteiger partial charge in [0.05, 0.1) is 12.1 Å². The summed E-state index contributed by atoms with van der Waals surface area (Å²) < 4.78 is 39.3. The standard InChI is InChI=1S/C9H14F3NO3/c10-9(11,12)6-16-4-7(15)13-8(5-14)2-1-3-8/h14H,1-6H2,(H,13,15). The fourth-order valence-corrected chi connectivity index (χ4v) is 1.52. The number of aliphatic hydroxyl groups is 1. The molecule has 0 heterocycles. The molecule has 1 aliphatic rings. The van der Waals surface area contributed by atoms with E-state index >= 15 is 0 Å². The van der Waals surface area contributed by atoms with Gasteiger partial charge in [-0.05, 0) is 19.3 Å². The van der Waals surface area contributed by atoms with E-state index in [1.165, 1.54) is 0 Å². The third kappa shape index (κ3) is 3.97. The van der Waals surface area contributed by atoms with Crippen LogP contribution in [0, 0.1) is 0 Å². The summed E-state index contributed by atoms with van der Waals surface area (Å²) in [4.78, 5) is 11.2. The summed E-state index contributed by atoms with van der Waals surface area (Å²) in [5.41, 5.74) is -0.640. The van der Waals surface area contributed by atoms with Crippen LogP contribution in [-0.4, -0.2) is 42.5 Å². The smallest absolute Gasteiger partial charge is 0.394 e. The topological polar surface area (TPSA) is 58.6 Å². The van der Waals surface area contributed by atoms with E-state index in [-0.39, 0.29) is 6.61 Å². The third-order valence-corrected chi connectivity index (χ3v) is 2.52. The summed E-state index contributed by atoms with van der Waals surface area (Å²) >= 11 is 0. The number of alkyl halides is 3. The number of aliphatic hydroxyl groups excluding tert-OH is 1. The zero-order chi connectivity index (χ0) is 12.2. The molecule has 7 heteroatoms. The highest BCUT2D eigenvalue weighted by atomic mass is 19.4. The first kappa shape index (κ1) is 13.2. The van der Waals surface area contributed by atoms with Crippen molar-refractivity contribution >= 4 is 5.91 Å². The fraction of sp³-hybridized carbons (Fsp3) is 0.889. The zero-order valence-corrected chi connectivity index (χ0v) is 8.64. The molecule has 1 rings (SSSR count). The van der Waals surface area contributed by atoms with Gasteiger partial charge in [0.25, 0.3) is 0 Å². The molecule has 16 heavy (non-hydrogen) atoms. The van der Waals surface area contributed by atoms with Crippen LogP contribution in [0.1, 0.15) is 19.3 Å². The van der Waals surface area contributed by atoms with Crippen molar-refractivity contribution in [3.05, 3.63) is 0 Å². The van der Waals surface area contributed by atoms with Crippen molar-refractivity contribution < 1.29 is 27.8 Å². The van der Waals surface area contributed by atoms with Crippen LogP contribution in [0.15, 0.2) is 0 Å². The van der Waals surface area contributed by atoms with Crippen molar-refractivity contribution in [2.45, 2.75) is 31.0 Å². The van der Waals surface area contributed by atoms with Gasteiger partial charge < -0.3 is 15.2 Å². The molecule has 1 amide bonds. The van der Waals surface area contributed by atoms with Crippen LogP contribution in [-0.2, 0) is 9.53 Å². The summed E-state index contributed by atoms with van der Waals surface area (Å²) in [5.74, 6) is -0.627. The second-order valence-corrected chi connectivity index (χ2v) is 3.95. The Kier molecular flexibility index (Phi) is 4.15. The first-order valence-corrected chi connectivity index (χ1v) is 4.93. The summed E-state index contributed by atoms with van der Waals surface area (Å²) in [6.07, 6.45) is -2.24. The molecule has 0 aromatic heterocycles. The quantitative estimate of drug-likeness (QED) is 0.741. The number of carbonyl (C=O) groups is 1. The summed E-state index contributed by atoms with van der Waals surface area (Å²) in [6, 6.07) is 0. The molecular weight excluding hydrogens is 227 g/mol. The van der Waals surface area contributed by atoms with Crippen molar-refractivity contribution in [2.75, 3.05) is 19.8 Å². The molecule has 0 spiro atoms. The van der Waals surface area contributed by atoms with Crippen molar-refractivity contribution in [3.8, 4) is 0 Å². The largest absolute Gasteiger partial charge is 0.411 e. The third-order valence-electron chi connectivity index (χ3n) is 2.52. The number of amides is 1. The van der Waals surface area contributed by atoms with E-state index in [4.69, 9.17) is 5.11 Å². The molecular formula is C9H14F3NO3. The SMILES string of the molecule is O=C(COCC(F)(F)F)NC1(CO)CCC1. The predicted octanol–water partition coefficient (Wildman–Crippen LogP) is 0.597. The fourth-order valence-electron chi connectivity index (χ4n) is 1.52. The average Bonchev–Trinajstić information content (AvgIpc) is 2.09. The van der Waals surface area contributed by atoms with E-state index in [0.717, 1.165) is 6.42 Å². The maximum absolute atomic E-state index is 11.7. The number of hydrogen-bond acceptors (Lipinski definition) is 3. The Balaban J connectivity index is 2.21. The Hall–Kier alpha value is -0.820. The molecule has 0 aromatic carbocycles. The molecule has 1 aliphatic carbocycles. The lowest BCUT2D eigenvalue weighted by atomic mass is 9.77. The van der Waals surface area contributed by atoms with Gasteiger partial charge in [-0.1, -0.05) is 0 Å². The van der Waals surface area contributed by atoms with Crippen LogP contribution in [0.3, 0.4) is 0 Å². The summed E-state index contributed by atoms with van der Waals surface area (Å²) in [6.45, 7) is -2.27. The van der Waals surface area contributed by atoms with E-state index in [0.29, 0.717) is 12.8 Å². The zero-order valence-electron chi connectivity index (χ0n) is 8.64. The van der Waals surface area contributed by atoms with Gasteiger partial charge in [0.2, 0.25) is 5.91 Å². The highest BCUT2D eigenvalue weighted by Crippen LogP contribution is 2.30. The van der Waals surface area contributed by atoms with E-state index in [2.05, 4.69) is 10.1 Å². The van der Waals surface area contributed by atoms with E-state index in [1.54, 1.807) is 0 Å². The normalized spacial score (nSPS) is 19.0. The average molecular weight is 241 g/mol. The number of nitrogens with one attached hydrogen (secondary N) is 1. The Morgan fingerprint density at radius 3 is 2.44 bits per heavy atom. The predicted molar refractivity (Wildman–Crippen MR) is 48.7 cm³/mol. The minimum absolute atomic E-state index is 0.196. The van der Waals surface area contributed by atoms with Crippen LogP contribution in [0.25, 0.3) is 0 Å². The molecule has 4 nitrogen and oxygen atoms in total. The number of hydrogen-bond donors (Lipinski definition) is 2. The Bertz CT molecular complexity index is 245. The van der Waals surface area contributed by atoms with E-state index in [9.17, 15) is 18.0 Å². The summed E-state index contributed by atoms with van der Waals surface area (Å²) in [5, 5.41) is 11.5. The molecule has 0 atom stereocenters. The second-order valence-electron chi connectivity index (χ2n) is 3.95. The highest BCUT2D eigenvalue weighted by molar-refractivity contribution is 5.78. The lowest BCUT2D eigenvalue weighted by Gasteiger charge is -2.40. The highest BCUT2D eigenvalue weighted by Gasteiger charge is 2.37. The Labute approximate surface area is 90.8 Å². The van der Waals surface area contributed by atoms with E-state index < -0.39 is 30.8 Å². The van der Waals surface area contributed by atoms with Crippen LogP contribution in [0.4, 0.5) is 13.2 Å². The van der Waals surface area contributed by atoms with Gasteiger partial charge in [-0.3, -0.25) is 4.79 Å². The minimum atomic E-state index is -4.43. The molecule has 2 N–H and O–H groups in total. The molecule has 94 valence electrons. The van der Waals surface area contributed by atoms with Gasteiger partial charge in [-0.25, -0.2) is 0 Å². The Morgan fingerprint density at radius 1 is 1.44 bits per heavy atom. The second kappa shape index (κ2) is 5.01. The molecule has 1 fully saturated rings. The van der Waals surface area contributed by atoms with Gasteiger partial charge in [-0.2, -0.15) is 13.2 Å². The number of carbonyl (C=O) groups excluding carboxylic acids is 1. The molecule has 0 aromatic rings. The molecule has 0 bridgehead atoms. The lowest BCUT2D eigenvalue weighted by Crippen LogP contribution is -2.57. The van der Waals surface area contributed by atoms with E-state index in [1.807, 2.05) is 0 Å². The maximum Gasteiger partial charge on any atom is 0.411 e. The molecule has 0 radical (unpaired) electrons. The minimum Gasteiger partial charge on any atom is -0.394 e. The molecule has 1 saturated carbocycles. The number of ether oxygens (including phenoxy) is 1. The van der Waals surface area contributed by atoms with Crippen LogP contribution >= 0.6 is 0 Å². The number of halogens is 3.